The fourth-order valence-electron chi connectivity index (χ4n) is 0.556. The molecule has 1 atom stereocenters. The number of ether oxygens (including phenoxy) is 1. The predicted octanol–water partition coefficient (Wildman–Crippen LogP) is 1.81. The van der Waals surface area contributed by atoms with Gasteiger partial charge in [0.15, 0.2) is 0 Å². The number of hydrogen-bond acceptors (Lipinski definition) is 1. The second-order valence-corrected chi connectivity index (χ2v) is 2.54. The maximum absolute atomic E-state index is 5.09. The first-order chi connectivity index (χ1) is 4.35. The fourth-order valence-corrected chi connectivity index (χ4v) is 1.07. The third-order valence-electron chi connectivity index (χ3n) is 1.11. The number of rotatable bonds is 4. The molecule has 0 aromatic heterocycles. The molecular formula is C7H11BrO. The Morgan fingerprint density at radius 2 is 2.44 bits per heavy atom. The number of terminal acetylenes is 1. The van der Waals surface area contributed by atoms with Crippen LogP contribution >= 0.6 is 15.9 Å². The van der Waals surface area contributed by atoms with Gasteiger partial charge in [0, 0.05) is 18.9 Å². The molecule has 0 aliphatic carbocycles. The largest absolute Gasteiger partial charge is 0.380 e. The van der Waals surface area contributed by atoms with Crippen LogP contribution in [0.25, 0.3) is 0 Å². The Bertz CT molecular complexity index is 95.6. The highest BCUT2D eigenvalue weighted by Crippen LogP contribution is 2.03. The number of alkyl halides is 1. The van der Waals surface area contributed by atoms with E-state index in [1.54, 1.807) is 7.11 Å². The molecule has 0 radical (unpaired) electrons. The molecule has 0 amide bonds. The molecule has 1 nitrogen and oxygen atoms in total. The van der Waals surface area contributed by atoms with Gasteiger partial charge in [0.25, 0.3) is 0 Å². The zero-order valence-electron chi connectivity index (χ0n) is 5.56. The predicted molar refractivity (Wildman–Crippen MR) is 42.7 cm³/mol. The van der Waals surface area contributed by atoms with Crippen molar-refractivity contribution in [1.82, 2.24) is 0 Å². The Labute approximate surface area is 64.9 Å². The van der Waals surface area contributed by atoms with E-state index >= 15 is 0 Å². The van der Waals surface area contributed by atoms with Gasteiger partial charge in [0.2, 0.25) is 0 Å². The van der Waals surface area contributed by atoms with Crippen LogP contribution in [0.4, 0.5) is 0 Å². The maximum Gasteiger partial charge on any atom is 0.0688 e. The first-order valence-corrected chi connectivity index (χ1v) is 3.99. The Morgan fingerprint density at radius 3 is 2.78 bits per heavy atom. The Kier molecular flexibility index (Phi) is 6.12. The molecule has 0 fully saturated rings. The monoisotopic (exact) mass is 190 g/mol. The molecule has 0 aromatic rings. The van der Waals surface area contributed by atoms with Crippen molar-refractivity contribution >= 4 is 15.9 Å². The number of halogens is 1. The molecule has 52 valence electrons. The van der Waals surface area contributed by atoms with Crippen LogP contribution in [0.2, 0.25) is 0 Å². The lowest BCUT2D eigenvalue weighted by atomic mass is 10.2. The van der Waals surface area contributed by atoms with Gasteiger partial charge in [-0.25, -0.2) is 0 Å². The molecule has 0 spiro atoms. The third kappa shape index (κ3) is 4.50. The van der Waals surface area contributed by atoms with Crippen molar-refractivity contribution in [3.8, 4) is 12.3 Å². The Hall–Kier alpha value is -0.0000000000000000208. The summed E-state index contributed by atoms with van der Waals surface area (Å²) in [5, 5.41) is 0.952. The molecule has 0 saturated heterocycles. The van der Waals surface area contributed by atoms with Crippen molar-refractivity contribution in [3.63, 3.8) is 0 Å². The third-order valence-corrected chi connectivity index (χ3v) is 1.57. The van der Waals surface area contributed by atoms with E-state index < -0.39 is 0 Å². The van der Waals surface area contributed by atoms with Crippen LogP contribution in [0.15, 0.2) is 0 Å². The van der Waals surface area contributed by atoms with E-state index in [0.29, 0.717) is 6.42 Å². The van der Waals surface area contributed by atoms with Crippen molar-refractivity contribution < 1.29 is 4.74 Å². The lowest BCUT2D eigenvalue weighted by molar-refractivity contribution is 0.105. The van der Waals surface area contributed by atoms with Crippen molar-refractivity contribution in [1.29, 1.82) is 0 Å². The van der Waals surface area contributed by atoms with Crippen molar-refractivity contribution in [2.75, 3.05) is 12.4 Å². The molecule has 2 heteroatoms. The molecule has 1 unspecified atom stereocenters. The highest BCUT2D eigenvalue weighted by Gasteiger charge is 2.01. The zero-order valence-corrected chi connectivity index (χ0v) is 7.15. The summed E-state index contributed by atoms with van der Waals surface area (Å²) in [6, 6.07) is 0. The summed E-state index contributed by atoms with van der Waals surface area (Å²) in [7, 11) is 1.69. The topological polar surface area (TPSA) is 9.23 Å². The van der Waals surface area contributed by atoms with E-state index in [-0.39, 0.29) is 6.10 Å². The first-order valence-electron chi connectivity index (χ1n) is 2.87. The van der Waals surface area contributed by atoms with Gasteiger partial charge in [-0.1, -0.05) is 15.9 Å². The van der Waals surface area contributed by atoms with E-state index in [0.717, 1.165) is 11.8 Å². The Morgan fingerprint density at radius 1 is 1.78 bits per heavy atom. The van der Waals surface area contributed by atoms with Crippen LogP contribution in [0.3, 0.4) is 0 Å². The summed E-state index contributed by atoms with van der Waals surface area (Å²) in [6.45, 7) is 0. The van der Waals surface area contributed by atoms with Gasteiger partial charge in [0.05, 0.1) is 6.10 Å². The number of hydrogen-bond donors (Lipinski definition) is 0. The summed E-state index contributed by atoms with van der Waals surface area (Å²) in [6.07, 6.45) is 7.02. The summed E-state index contributed by atoms with van der Waals surface area (Å²) in [4.78, 5) is 0. The van der Waals surface area contributed by atoms with E-state index in [1.807, 2.05) is 0 Å². The van der Waals surface area contributed by atoms with Gasteiger partial charge < -0.3 is 4.74 Å². The molecule has 0 heterocycles. The van der Waals surface area contributed by atoms with Gasteiger partial charge >= 0.3 is 0 Å². The van der Waals surface area contributed by atoms with E-state index in [2.05, 4.69) is 21.9 Å². The minimum absolute atomic E-state index is 0.231. The molecule has 0 saturated carbocycles. The van der Waals surface area contributed by atoms with Crippen molar-refractivity contribution in [2.45, 2.75) is 18.9 Å². The summed E-state index contributed by atoms with van der Waals surface area (Å²) < 4.78 is 5.06. The average molecular weight is 191 g/mol. The molecule has 9 heavy (non-hydrogen) atoms. The lowest BCUT2D eigenvalue weighted by Crippen LogP contribution is -2.09. The smallest absolute Gasteiger partial charge is 0.0688 e. The van der Waals surface area contributed by atoms with Gasteiger partial charge in [0.1, 0.15) is 0 Å². The van der Waals surface area contributed by atoms with Crippen LogP contribution < -0.4 is 0 Å². The minimum atomic E-state index is 0.231. The van der Waals surface area contributed by atoms with E-state index in [1.165, 1.54) is 0 Å². The quantitative estimate of drug-likeness (QED) is 0.486. The summed E-state index contributed by atoms with van der Waals surface area (Å²) in [5.41, 5.74) is 0. The average Bonchev–Trinajstić information content (AvgIpc) is 1.88. The van der Waals surface area contributed by atoms with Gasteiger partial charge in [-0.3, -0.25) is 0 Å². The van der Waals surface area contributed by atoms with Crippen LogP contribution in [0.1, 0.15) is 12.8 Å². The normalized spacial score (nSPS) is 12.6. The molecule has 0 aromatic carbocycles. The molecular weight excluding hydrogens is 180 g/mol. The molecule has 0 bridgehead atoms. The Balaban J connectivity index is 3.32. The standard InChI is InChI=1S/C7H11BrO/c1-3-4-7(9-2)5-6-8/h1,7H,4-6H2,2H3. The summed E-state index contributed by atoms with van der Waals surface area (Å²) in [5.74, 6) is 2.56. The van der Waals surface area contributed by atoms with Crippen molar-refractivity contribution in [2.24, 2.45) is 0 Å². The van der Waals surface area contributed by atoms with Crippen molar-refractivity contribution in [3.05, 3.63) is 0 Å². The lowest BCUT2D eigenvalue weighted by Gasteiger charge is -2.08. The van der Waals surface area contributed by atoms with E-state index in [4.69, 9.17) is 11.2 Å². The minimum Gasteiger partial charge on any atom is -0.380 e. The van der Waals surface area contributed by atoms with Crippen LogP contribution in [0.5, 0.6) is 0 Å². The second kappa shape index (κ2) is 6.12. The highest BCUT2D eigenvalue weighted by molar-refractivity contribution is 9.09. The van der Waals surface area contributed by atoms with Gasteiger partial charge in [-0.15, -0.1) is 12.3 Å². The van der Waals surface area contributed by atoms with E-state index in [9.17, 15) is 0 Å². The zero-order chi connectivity index (χ0) is 7.11. The summed E-state index contributed by atoms with van der Waals surface area (Å²) >= 11 is 3.31. The SMILES string of the molecule is C#CCC(CCBr)OC. The second-order valence-electron chi connectivity index (χ2n) is 1.74. The molecule has 0 aliphatic rings. The molecule has 0 aliphatic heterocycles. The first kappa shape index (κ1) is 9.00. The molecule has 0 rings (SSSR count). The molecule has 0 N–H and O–H groups in total. The van der Waals surface area contributed by atoms with Crippen LogP contribution in [-0.2, 0) is 4.74 Å². The highest BCUT2D eigenvalue weighted by atomic mass is 79.9. The van der Waals surface area contributed by atoms with Gasteiger partial charge in [-0.05, 0) is 6.42 Å². The fraction of sp³-hybridized carbons (Fsp3) is 0.714. The maximum atomic E-state index is 5.09. The van der Waals surface area contributed by atoms with Crippen LogP contribution in [-0.4, -0.2) is 18.5 Å². The van der Waals surface area contributed by atoms with Crippen LogP contribution in [0, 0.1) is 12.3 Å². The number of methoxy groups -OCH3 is 1. The van der Waals surface area contributed by atoms with Gasteiger partial charge in [-0.2, -0.15) is 0 Å².